The Morgan fingerprint density at radius 1 is 1.32 bits per heavy atom. The Morgan fingerprint density at radius 2 is 2.05 bits per heavy atom. The summed E-state index contributed by atoms with van der Waals surface area (Å²) in [6.07, 6.45) is 4.13. The molecule has 0 bridgehead atoms. The summed E-state index contributed by atoms with van der Waals surface area (Å²) >= 11 is 0. The molecule has 0 aliphatic carbocycles. The number of likely N-dealkylation sites (N-methyl/N-ethyl adjacent to an activating group) is 1. The predicted octanol–water partition coefficient (Wildman–Crippen LogP) is 2.90. The van der Waals surface area contributed by atoms with E-state index < -0.39 is 0 Å². The largest absolute Gasteiger partial charge is 0.377 e. The highest BCUT2D eigenvalue weighted by Gasteiger charge is 2.27. The second-order valence-electron chi connectivity index (χ2n) is 6.86. The van der Waals surface area contributed by atoms with Gasteiger partial charge < -0.3 is 10.1 Å². The van der Waals surface area contributed by atoms with Crippen LogP contribution < -0.4 is 5.32 Å². The molecule has 1 rings (SSSR count). The average Bonchev–Trinajstić information content (AvgIpc) is 2.84. The number of ether oxygens (including phenoxy) is 1. The third-order valence-corrected chi connectivity index (χ3v) is 4.06. The first-order chi connectivity index (χ1) is 8.97. The molecule has 19 heavy (non-hydrogen) atoms. The molecule has 3 heteroatoms. The van der Waals surface area contributed by atoms with Crippen molar-refractivity contribution in [2.75, 3.05) is 32.8 Å². The standard InChI is InChI=1S/C16H34N2O/c1-6-10-17-15(16(3,4)5)13-18(7-2)12-14-9-8-11-19-14/h14-15,17H,6-13H2,1-5H3. The van der Waals surface area contributed by atoms with Gasteiger partial charge >= 0.3 is 0 Å². The molecule has 1 aliphatic heterocycles. The molecule has 1 saturated heterocycles. The first kappa shape index (κ1) is 16.9. The maximum Gasteiger partial charge on any atom is 0.0702 e. The highest BCUT2D eigenvalue weighted by molar-refractivity contribution is 4.84. The monoisotopic (exact) mass is 270 g/mol. The quantitative estimate of drug-likeness (QED) is 0.734. The van der Waals surface area contributed by atoms with Crippen LogP contribution in [0.5, 0.6) is 0 Å². The van der Waals surface area contributed by atoms with Gasteiger partial charge in [-0.2, -0.15) is 0 Å². The summed E-state index contributed by atoms with van der Waals surface area (Å²) in [5, 5.41) is 3.72. The predicted molar refractivity (Wildman–Crippen MR) is 82.6 cm³/mol. The van der Waals surface area contributed by atoms with Crippen molar-refractivity contribution in [2.24, 2.45) is 5.41 Å². The third kappa shape index (κ3) is 6.24. The molecule has 0 amide bonds. The molecule has 1 aliphatic rings. The smallest absolute Gasteiger partial charge is 0.0702 e. The second kappa shape index (κ2) is 8.23. The lowest BCUT2D eigenvalue weighted by atomic mass is 9.86. The van der Waals surface area contributed by atoms with Crippen LogP contribution >= 0.6 is 0 Å². The van der Waals surface area contributed by atoms with Crippen molar-refractivity contribution in [3.05, 3.63) is 0 Å². The summed E-state index contributed by atoms with van der Waals surface area (Å²) in [6, 6.07) is 0.550. The number of nitrogens with one attached hydrogen (secondary N) is 1. The van der Waals surface area contributed by atoms with Crippen molar-refractivity contribution >= 4 is 0 Å². The van der Waals surface area contributed by atoms with Crippen LogP contribution in [0.15, 0.2) is 0 Å². The first-order valence-corrected chi connectivity index (χ1v) is 8.04. The third-order valence-electron chi connectivity index (χ3n) is 4.06. The molecule has 0 spiro atoms. The lowest BCUT2D eigenvalue weighted by Gasteiger charge is -2.36. The van der Waals surface area contributed by atoms with E-state index in [1.165, 1.54) is 19.3 Å². The van der Waals surface area contributed by atoms with Crippen molar-refractivity contribution in [3.63, 3.8) is 0 Å². The van der Waals surface area contributed by atoms with E-state index in [1.807, 2.05) is 0 Å². The number of hydrogen-bond acceptors (Lipinski definition) is 3. The fourth-order valence-electron chi connectivity index (χ4n) is 2.63. The molecular formula is C16H34N2O. The maximum atomic E-state index is 5.77. The summed E-state index contributed by atoms with van der Waals surface area (Å²) in [4.78, 5) is 2.55. The minimum Gasteiger partial charge on any atom is -0.377 e. The van der Waals surface area contributed by atoms with Crippen molar-refractivity contribution < 1.29 is 4.74 Å². The van der Waals surface area contributed by atoms with Gasteiger partial charge in [0.15, 0.2) is 0 Å². The van der Waals surface area contributed by atoms with Gasteiger partial charge in [0.25, 0.3) is 0 Å². The van der Waals surface area contributed by atoms with E-state index in [0.29, 0.717) is 17.6 Å². The second-order valence-corrected chi connectivity index (χ2v) is 6.86. The summed E-state index contributed by atoms with van der Waals surface area (Å²) in [5.74, 6) is 0. The first-order valence-electron chi connectivity index (χ1n) is 8.04. The fourth-order valence-corrected chi connectivity index (χ4v) is 2.63. The van der Waals surface area contributed by atoms with Gasteiger partial charge in [-0.15, -0.1) is 0 Å². The molecule has 3 nitrogen and oxygen atoms in total. The van der Waals surface area contributed by atoms with Gasteiger partial charge in [-0.3, -0.25) is 4.90 Å². The van der Waals surface area contributed by atoms with E-state index in [-0.39, 0.29) is 0 Å². The Bertz CT molecular complexity index is 231. The Balaban J connectivity index is 2.48. The molecule has 0 aromatic carbocycles. The van der Waals surface area contributed by atoms with Crippen molar-refractivity contribution in [1.82, 2.24) is 10.2 Å². The van der Waals surface area contributed by atoms with Crippen LogP contribution in [-0.2, 0) is 4.74 Å². The zero-order valence-electron chi connectivity index (χ0n) is 13.7. The molecule has 1 N–H and O–H groups in total. The van der Waals surface area contributed by atoms with Gasteiger partial charge in [-0.05, 0) is 37.8 Å². The lowest BCUT2D eigenvalue weighted by Crippen LogP contribution is -2.50. The number of rotatable bonds is 8. The molecular weight excluding hydrogens is 236 g/mol. The van der Waals surface area contributed by atoms with Crippen LogP contribution in [0.25, 0.3) is 0 Å². The molecule has 2 unspecified atom stereocenters. The Hall–Kier alpha value is -0.120. The summed E-state index contributed by atoms with van der Waals surface area (Å²) < 4.78 is 5.77. The Morgan fingerprint density at radius 3 is 2.53 bits per heavy atom. The molecule has 0 aromatic heterocycles. The van der Waals surface area contributed by atoms with Crippen LogP contribution in [0.2, 0.25) is 0 Å². The SMILES string of the molecule is CCCNC(CN(CC)CC1CCCO1)C(C)(C)C. The minimum atomic E-state index is 0.305. The molecule has 2 atom stereocenters. The van der Waals surface area contributed by atoms with Gasteiger partial charge in [0.05, 0.1) is 6.10 Å². The molecule has 0 aromatic rings. The number of nitrogens with zero attached hydrogens (tertiary/aromatic N) is 1. The van der Waals surface area contributed by atoms with E-state index in [1.54, 1.807) is 0 Å². The van der Waals surface area contributed by atoms with Crippen molar-refractivity contribution in [1.29, 1.82) is 0 Å². The summed E-state index contributed by atoms with van der Waals surface area (Å²) in [5.41, 5.74) is 0.305. The van der Waals surface area contributed by atoms with E-state index in [2.05, 4.69) is 44.8 Å². The molecule has 114 valence electrons. The van der Waals surface area contributed by atoms with Crippen LogP contribution in [0.3, 0.4) is 0 Å². The van der Waals surface area contributed by atoms with Crippen LogP contribution in [0.4, 0.5) is 0 Å². The van der Waals surface area contributed by atoms with E-state index in [4.69, 9.17) is 4.74 Å². The lowest BCUT2D eigenvalue weighted by molar-refractivity contribution is 0.0647. The van der Waals surface area contributed by atoms with E-state index in [9.17, 15) is 0 Å². The van der Waals surface area contributed by atoms with Crippen molar-refractivity contribution in [2.45, 2.75) is 66.0 Å². The van der Waals surface area contributed by atoms with E-state index >= 15 is 0 Å². The van der Waals surface area contributed by atoms with Gasteiger partial charge in [0, 0.05) is 25.7 Å². The van der Waals surface area contributed by atoms with Gasteiger partial charge in [-0.1, -0.05) is 34.6 Å². The summed E-state index contributed by atoms with van der Waals surface area (Å²) in [6.45, 7) is 16.9. The van der Waals surface area contributed by atoms with Gasteiger partial charge in [-0.25, -0.2) is 0 Å². The molecule has 0 radical (unpaired) electrons. The van der Waals surface area contributed by atoms with Crippen LogP contribution in [-0.4, -0.2) is 49.8 Å². The van der Waals surface area contributed by atoms with E-state index in [0.717, 1.165) is 32.8 Å². The van der Waals surface area contributed by atoms with Crippen LogP contribution in [0.1, 0.15) is 53.9 Å². The van der Waals surface area contributed by atoms with Gasteiger partial charge in [0.2, 0.25) is 0 Å². The molecule has 1 fully saturated rings. The zero-order valence-corrected chi connectivity index (χ0v) is 13.7. The fraction of sp³-hybridized carbons (Fsp3) is 1.00. The van der Waals surface area contributed by atoms with Gasteiger partial charge in [0.1, 0.15) is 0 Å². The highest BCUT2D eigenvalue weighted by Crippen LogP contribution is 2.21. The molecule has 1 heterocycles. The zero-order chi connectivity index (χ0) is 14.3. The minimum absolute atomic E-state index is 0.305. The van der Waals surface area contributed by atoms with Crippen molar-refractivity contribution in [3.8, 4) is 0 Å². The highest BCUT2D eigenvalue weighted by atomic mass is 16.5. The topological polar surface area (TPSA) is 24.5 Å². The Labute approximate surface area is 120 Å². The Kier molecular flexibility index (Phi) is 7.33. The normalized spacial score (nSPS) is 22.1. The molecule has 0 saturated carbocycles. The number of hydrogen-bond donors (Lipinski definition) is 1. The maximum absolute atomic E-state index is 5.77. The average molecular weight is 270 g/mol. The van der Waals surface area contributed by atoms with Crippen LogP contribution in [0, 0.1) is 5.41 Å². The summed E-state index contributed by atoms with van der Waals surface area (Å²) in [7, 11) is 0.